The van der Waals surface area contributed by atoms with Crippen molar-refractivity contribution in [1.82, 2.24) is 0 Å². The Morgan fingerprint density at radius 3 is 2.67 bits per heavy atom. The normalized spacial score (nSPS) is 30.5. The lowest BCUT2D eigenvalue weighted by atomic mass is 9.71. The molecule has 0 aromatic rings. The molecule has 1 aliphatic carbocycles. The van der Waals surface area contributed by atoms with Crippen LogP contribution in [-0.4, -0.2) is 24.3 Å². The fraction of sp³-hybridized carbons (Fsp3) is 0.476. The molecule has 0 spiro atoms. The first kappa shape index (κ1) is 18.5. The number of cyclic esters (lactones) is 1. The Morgan fingerprint density at radius 2 is 1.96 bits per heavy atom. The van der Waals surface area contributed by atoms with Crippen LogP contribution in [0.15, 0.2) is 58.2 Å². The average molecular weight is 328 g/mol. The van der Waals surface area contributed by atoms with Gasteiger partial charge in [-0.05, 0) is 56.8 Å². The van der Waals surface area contributed by atoms with Crippen LogP contribution in [0.4, 0.5) is 0 Å². The van der Waals surface area contributed by atoms with E-state index in [0.29, 0.717) is 6.61 Å². The fourth-order valence-corrected chi connectivity index (χ4v) is 3.37. The highest BCUT2D eigenvalue weighted by atomic mass is 16.5. The van der Waals surface area contributed by atoms with Crippen LogP contribution in [0.1, 0.15) is 47.0 Å². The third-order valence-electron chi connectivity index (χ3n) is 4.99. The van der Waals surface area contributed by atoms with Gasteiger partial charge in [-0.3, -0.25) is 0 Å². The summed E-state index contributed by atoms with van der Waals surface area (Å²) in [5, 5.41) is 9.52. The molecule has 2 aliphatic rings. The highest BCUT2D eigenvalue weighted by Gasteiger charge is 2.33. The van der Waals surface area contributed by atoms with Crippen molar-refractivity contribution in [2.45, 2.75) is 47.0 Å². The van der Waals surface area contributed by atoms with Crippen LogP contribution in [0, 0.1) is 5.41 Å². The molecule has 0 amide bonds. The summed E-state index contributed by atoms with van der Waals surface area (Å²) in [6.45, 7) is 8.48. The number of rotatable bonds is 1. The van der Waals surface area contributed by atoms with E-state index in [9.17, 15) is 9.90 Å². The van der Waals surface area contributed by atoms with Crippen molar-refractivity contribution in [1.29, 1.82) is 0 Å². The summed E-state index contributed by atoms with van der Waals surface area (Å²) in [7, 11) is 0. The van der Waals surface area contributed by atoms with Gasteiger partial charge in [0.25, 0.3) is 0 Å². The topological polar surface area (TPSA) is 46.5 Å². The molecule has 1 heterocycles. The molecule has 0 fully saturated rings. The third-order valence-corrected chi connectivity index (χ3v) is 4.99. The second-order valence-corrected chi connectivity index (χ2v) is 7.14. The van der Waals surface area contributed by atoms with E-state index in [4.69, 9.17) is 4.74 Å². The maximum absolute atomic E-state index is 12.2. The summed E-state index contributed by atoms with van der Waals surface area (Å²) < 4.78 is 5.56. The third kappa shape index (κ3) is 4.35. The number of fused-ring (bicyclic) bond motifs is 1. The number of hydrogen-bond acceptors (Lipinski definition) is 3. The minimum atomic E-state index is -0.348. The van der Waals surface area contributed by atoms with Crippen molar-refractivity contribution in [2.75, 3.05) is 13.2 Å². The van der Waals surface area contributed by atoms with Gasteiger partial charge in [0.15, 0.2) is 0 Å². The zero-order valence-corrected chi connectivity index (χ0v) is 15.2. The molecular weight excluding hydrogens is 300 g/mol. The highest BCUT2D eigenvalue weighted by Crippen LogP contribution is 2.41. The highest BCUT2D eigenvalue weighted by molar-refractivity contribution is 5.83. The molecule has 1 N–H and O–H groups in total. The van der Waals surface area contributed by atoms with Crippen molar-refractivity contribution in [2.24, 2.45) is 5.41 Å². The standard InChI is InChI=1S/C21H28O3/c1-15-7-9-18(13-22)17(3)12-20(23)24-14-21(4)11-5-6-16(2)19(21)10-8-15/h7-10,12,22H,5-6,11,13-14H2,1-4H3/b10-8?,15-7?,17-12-,18-9-. The lowest BCUT2D eigenvalue weighted by Crippen LogP contribution is -2.30. The first-order valence-corrected chi connectivity index (χ1v) is 8.58. The summed E-state index contributed by atoms with van der Waals surface area (Å²) >= 11 is 0. The molecule has 1 aliphatic heterocycles. The van der Waals surface area contributed by atoms with E-state index in [1.165, 1.54) is 17.2 Å². The number of aliphatic hydroxyl groups is 1. The van der Waals surface area contributed by atoms with Crippen molar-refractivity contribution >= 4 is 5.97 Å². The number of esters is 1. The van der Waals surface area contributed by atoms with Gasteiger partial charge in [-0.2, -0.15) is 0 Å². The monoisotopic (exact) mass is 328 g/mol. The van der Waals surface area contributed by atoms with Gasteiger partial charge in [0.1, 0.15) is 6.61 Å². The van der Waals surface area contributed by atoms with Gasteiger partial charge in [-0.15, -0.1) is 0 Å². The molecule has 0 aromatic carbocycles. The van der Waals surface area contributed by atoms with Gasteiger partial charge in [0.05, 0.1) is 6.61 Å². The largest absolute Gasteiger partial charge is 0.462 e. The summed E-state index contributed by atoms with van der Waals surface area (Å²) in [5.74, 6) is -0.348. The van der Waals surface area contributed by atoms with Crippen LogP contribution >= 0.6 is 0 Å². The van der Waals surface area contributed by atoms with Gasteiger partial charge in [-0.1, -0.05) is 42.4 Å². The first-order valence-electron chi connectivity index (χ1n) is 8.58. The lowest BCUT2D eigenvalue weighted by molar-refractivity contribution is -0.140. The number of carbonyl (C=O) groups is 1. The van der Waals surface area contributed by atoms with E-state index >= 15 is 0 Å². The van der Waals surface area contributed by atoms with Crippen LogP contribution in [0.5, 0.6) is 0 Å². The van der Waals surface area contributed by atoms with E-state index in [0.717, 1.165) is 36.0 Å². The first-order chi connectivity index (χ1) is 11.4. The number of allylic oxidation sites excluding steroid dienone is 6. The summed E-state index contributed by atoms with van der Waals surface area (Å²) in [5.41, 5.74) is 5.07. The number of carbonyl (C=O) groups excluding carboxylic acids is 1. The van der Waals surface area contributed by atoms with Gasteiger partial charge in [0.2, 0.25) is 0 Å². The second-order valence-electron chi connectivity index (χ2n) is 7.14. The average Bonchev–Trinajstić information content (AvgIpc) is 2.53. The zero-order chi connectivity index (χ0) is 17.7. The van der Waals surface area contributed by atoms with Crippen molar-refractivity contribution in [3.8, 4) is 0 Å². The molecule has 2 rings (SSSR count). The summed E-state index contributed by atoms with van der Waals surface area (Å²) in [6, 6.07) is 0. The second kappa shape index (κ2) is 7.80. The molecule has 130 valence electrons. The predicted molar refractivity (Wildman–Crippen MR) is 97.4 cm³/mol. The van der Waals surface area contributed by atoms with Gasteiger partial charge < -0.3 is 9.84 Å². The summed E-state index contributed by atoms with van der Waals surface area (Å²) in [6.07, 6.45) is 12.8. The molecule has 1 unspecified atom stereocenters. The van der Waals surface area contributed by atoms with Crippen LogP contribution in [0.25, 0.3) is 0 Å². The minimum absolute atomic E-state index is 0.106. The fourth-order valence-electron chi connectivity index (χ4n) is 3.37. The van der Waals surface area contributed by atoms with E-state index in [-0.39, 0.29) is 18.0 Å². The van der Waals surface area contributed by atoms with E-state index in [1.807, 2.05) is 26.0 Å². The Bertz CT molecular complexity index is 659. The number of hydrogen-bond donors (Lipinski definition) is 1. The minimum Gasteiger partial charge on any atom is -0.462 e. The molecule has 3 heteroatoms. The van der Waals surface area contributed by atoms with Gasteiger partial charge in [-0.25, -0.2) is 4.79 Å². The van der Waals surface area contributed by atoms with E-state index in [1.54, 1.807) is 0 Å². The molecule has 3 nitrogen and oxygen atoms in total. The Labute approximate surface area is 145 Å². The lowest BCUT2D eigenvalue weighted by Gasteiger charge is -2.36. The predicted octanol–water partition coefficient (Wildman–Crippen LogP) is 4.42. The molecule has 24 heavy (non-hydrogen) atoms. The quantitative estimate of drug-likeness (QED) is 0.725. The molecule has 0 aromatic heterocycles. The van der Waals surface area contributed by atoms with Crippen LogP contribution in [0.2, 0.25) is 0 Å². The SMILES string of the molecule is CC1=C/C=C(CO)\C(C)=C/C(=O)OCC2(C)CCCC(C)=C2C=C1. The maximum Gasteiger partial charge on any atom is 0.331 e. The Balaban J connectivity index is 2.48. The van der Waals surface area contributed by atoms with Crippen LogP contribution in [-0.2, 0) is 9.53 Å². The Morgan fingerprint density at radius 1 is 1.21 bits per heavy atom. The Kier molecular flexibility index (Phi) is 6.00. The zero-order valence-electron chi connectivity index (χ0n) is 15.2. The molecule has 0 saturated carbocycles. The molecule has 1 atom stereocenters. The summed E-state index contributed by atoms with van der Waals surface area (Å²) in [4.78, 5) is 12.2. The van der Waals surface area contributed by atoms with Crippen LogP contribution < -0.4 is 0 Å². The van der Waals surface area contributed by atoms with Crippen molar-refractivity contribution in [3.63, 3.8) is 0 Å². The van der Waals surface area contributed by atoms with E-state index < -0.39 is 0 Å². The van der Waals surface area contributed by atoms with Crippen LogP contribution in [0.3, 0.4) is 0 Å². The number of aliphatic hydroxyl groups excluding tert-OH is 1. The smallest absolute Gasteiger partial charge is 0.331 e. The number of ether oxygens (including phenoxy) is 1. The van der Waals surface area contributed by atoms with Gasteiger partial charge in [0, 0.05) is 11.5 Å². The van der Waals surface area contributed by atoms with Crippen molar-refractivity contribution < 1.29 is 14.6 Å². The molecule has 0 radical (unpaired) electrons. The molecule has 0 bridgehead atoms. The molecular formula is C21H28O3. The van der Waals surface area contributed by atoms with Crippen molar-refractivity contribution in [3.05, 3.63) is 58.2 Å². The van der Waals surface area contributed by atoms with E-state index in [2.05, 4.69) is 26.0 Å². The Hall–Kier alpha value is -1.87. The maximum atomic E-state index is 12.2. The molecule has 0 saturated heterocycles. The van der Waals surface area contributed by atoms with Gasteiger partial charge >= 0.3 is 5.97 Å².